The van der Waals surface area contributed by atoms with Gasteiger partial charge in [0.25, 0.3) is 5.69 Å². The van der Waals surface area contributed by atoms with Crippen LogP contribution in [-0.4, -0.2) is 18.6 Å². The minimum Gasteiger partial charge on any atom is -0.281 e. The third-order valence-electron chi connectivity index (χ3n) is 1.74. The number of nitrogens with zero attached hydrogens (tertiary/aromatic N) is 2. The summed E-state index contributed by atoms with van der Waals surface area (Å²) in [6.45, 7) is 0. The molecule has 0 saturated heterocycles. The van der Waals surface area contributed by atoms with Crippen LogP contribution in [0.1, 0.15) is 5.56 Å². The van der Waals surface area contributed by atoms with Gasteiger partial charge in [-0.3, -0.25) is 14.8 Å². The van der Waals surface area contributed by atoms with E-state index in [9.17, 15) is 18.5 Å². The Bertz CT molecular complexity index is 593. The summed E-state index contributed by atoms with van der Waals surface area (Å²) in [6, 6.07) is 4.87. The van der Waals surface area contributed by atoms with Crippen molar-refractivity contribution in [1.82, 2.24) is 0 Å². The van der Waals surface area contributed by atoms with Gasteiger partial charge in [-0.05, 0) is 6.07 Å². The van der Waals surface area contributed by atoms with E-state index >= 15 is 0 Å². The molecule has 0 spiro atoms. The van der Waals surface area contributed by atoms with E-state index in [0.717, 1.165) is 18.2 Å². The quantitative estimate of drug-likeness (QED) is 0.507. The number of sulfonamides is 1. The molecule has 0 aromatic heterocycles. The van der Waals surface area contributed by atoms with Crippen LogP contribution in [0.3, 0.4) is 0 Å². The predicted octanol–water partition coefficient (Wildman–Crippen LogP) is 1.40. The van der Waals surface area contributed by atoms with Gasteiger partial charge >= 0.3 is 0 Å². The molecule has 1 aromatic rings. The first kappa shape index (κ1) is 13.2. The molecule has 0 fully saturated rings. The maximum absolute atomic E-state index is 11.2. The molecule has 0 radical (unpaired) electrons. The van der Waals surface area contributed by atoms with Gasteiger partial charge in [-0.1, -0.05) is 0 Å². The number of anilines is 1. The highest BCUT2D eigenvalue weighted by Crippen LogP contribution is 2.22. The van der Waals surface area contributed by atoms with Gasteiger partial charge in [-0.25, -0.2) is 8.42 Å². The minimum atomic E-state index is -3.74. The van der Waals surface area contributed by atoms with E-state index < -0.39 is 20.2 Å². The molecule has 1 rings (SSSR count). The van der Waals surface area contributed by atoms with Crippen LogP contribution in [0.4, 0.5) is 11.4 Å². The molecule has 0 aliphatic heterocycles. The molecule has 90 valence electrons. The van der Waals surface area contributed by atoms with Gasteiger partial charge in [0.1, 0.15) is 11.3 Å². The molecule has 1 aromatic carbocycles. The standard InChI is InChI=1S/C8H6ClN3O4S/c9-5-17(15,16)11-8-2-1-7(12(13)14)3-6(8)4-10/h1-3,11H,5H2. The Labute approximate surface area is 102 Å². The zero-order valence-corrected chi connectivity index (χ0v) is 9.83. The summed E-state index contributed by atoms with van der Waals surface area (Å²) in [4.78, 5) is 9.78. The molecule has 0 unspecified atom stereocenters. The van der Waals surface area contributed by atoms with E-state index in [1.165, 1.54) is 0 Å². The summed E-state index contributed by atoms with van der Waals surface area (Å²) in [7, 11) is -3.74. The first-order chi connectivity index (χ1) is 7.89. The lowest BCUT2D eigenvalue weighted by Crippen LogP contribution is -2.14. The van der Waals surface area contributed by atoms with Crippen molar-refractivity contribution in [2.75, 3.05) is 9.93 Å². The number of hydrogen-bond donors (Lipinski definition) is 1. The molecule has 0 bridgehead atoms. The fraction of sp³-hybridized carbons (Fsp3) is 0.125. The summed E-state index contributed by atoms with van der Waals surface area (Å²) in [6.07, 6.45) is 0. The van der Waals surface area contributed by atoms with E-state index in [0.29, 0.717) is 0 Å². The average Bonchev–Trinajstić information content (AvgIpc) is 2.29. The molecule has 0 aliphatic rings. The molecule has 7 nitrogen and oxygen atoms in total. The van der Waals surface area contributed by atoms with Crippen LogP contribution in [0.25, 0.3) is 0 Å². The molecule has 0 saturated carbocycles. The van der Waals surface area contributed by atoms with Crippen molar-refractivity contribution in [1.29, 1.82) is 5.26 Å². The first-order valence-corrected chi connectivity index (χ1v) is 6.33. The molecule has 0 amide bonds. The van der Waals surface area contributed by atoms with Crippen LogP contribution in [-0.2, 0) is 10.0 Å². The van der Waals surface area contributed by atoms with Crippen LogP contribution < -0.4 is 4.72 Å². The molecule has 1 N–H and O–H groups in total. The Morgan fingerprint density at radius 1 is 1.53 bits per heavy atom. The molecular weight excluding hydrogens is 270 g/mol. The highest BCUT2D eigenvalue weighted by molar-refractivity contribution is 7.93. The molecular formula is C8H6ClN3O4S. The SMILES string of the molecule is N#Cc1cc([N+](=O)[O-])ccc1NS(=O)(=O)CCl. The molecule has 0 aliphatic carbocycles. The van der Waals surface area contributed by atoms with Gasteiger partial charge in [0.2, 0.25) is 10.0 Å². The van der Waals surface area contributed by atoms with Crippen molar-refractivity contribution in [3.63, 3.8) is 0 Å². The number of benzene rings is 1. The number of rotatable bonds is 4. The van der Waals surface area contributed by atoms with Crippen LogP contribution in [0.15, 0.2) is 18.2 Å². The first-order valence-electron chi connectivity index (χ1n) is 4.14. The van der Waals surface area contributed by atoms with Gasteiger partial charge in [-0.2, -0.15) is 5.26 Å². The van der Waals surface area contributed by atoms with Crippen molar-refractivity contribution in [2.45, 2.75) is 0 Å². The van der Waals surface area contributed by atoms with Crippen molar-refractivity contribution in [2.24, 2.45) is 0 Å². The number of nitro benzene ring substituents is 1. The van der Waals surface area contributed by atoms with E-state index in [1.54, 1.807) is 6.07 Å². The summed E-state index contributed by atoms with van der Waals surface area (Å²) in [5, 5.41) is 18.5. The van der Waals surface area contributed by atoms with Gasteiger partial charge in [0, 0.05) is 12.1 Å². The zero-order chi connectivity index (χ0) is 13.1. The van der Waals surface area contributed by atoms with Crippen molar-refractivity contribution >= 4 is 33.0 Å². The van der Waals surface area contributed by atoms with E-state index in [2.05, 4.69) is 0 Å². The van der Waals surface area contributed by atoms with Gasteiger partial charge < -0.3 is 0 Å². The highest BCUT2D eigenvalue weighted by Gasteiger charge is 2.15. The number of non-ortho nitro benzene ring substituents is 1. The smallest absolute Gasteiger partial charge is 0.270 e. The fourth-order valence-corrected chi connectivity index (χ4v) is 1.75. The van der Waals surface area contributed by atoms with Crippen LogP contribution >= 0.6 is 11.6 Å². The van der Waals surface area contributed by atoms with Gasteiger partial charge in [0.15, 0.2) is 0 Å². The number of nitriles is 1. The minimum absolute atomic E-state index is 0.0428. The average molecular weight is 276 g/mol. The van der Waals surface area contributed by atoms with E-state index in [4.69, 9.17) is 16.9 Å². The summed E-state index contributed by atoms with van der Waals surface area (Å²) in [5.41, 5.74) is -0.484. The molecule has 0 atom stereocenters. The van der Waals surface area contributed by atoms with E-state index in [-0.39, 0.29) is 16.9 Å². The Hall–Kier alpha value is -1.85. The second-order valence-corrected chi connectivity index (χ2v) is 5.23. The molecule has 0 heterocycles. The van der Waals surface area contributed by atoms with Crippen molar-refractivity contribution < 1.29 is 13.3 Å². The number of alkyl halides is 1. The second kappa shape index (κ2) is 4.99. The van der Waals surface area contributed by atoms with Crippen LogP contribution in [0, 0.1) is 21.4 Å². The molecule has 17 heavy (non-hydrogen) atoms. The van der Waals surface area contributed by atoms with Gasteiger partial charge in [-0.15, -0.1) is 11.6 Å². The van der Waals surface area contributed by atoms with Crippen LogP contribution in [0.5, 0.6) is 0 Å². The Balaban J connectivity index is 3.20. The lowest BCUT2D eigenvalue weighted by atomic mass is 10.2. The van der Waals surface area contributed by atoms with Crippen molar-refractivity contribution in [3.05, 3.63) is 33.9 Å². The third kappa shape index (κ3) is 3.30. The topological polar surface area (TPSA) is 113 Å². The largest absolute Gasteiger partial charge is 0.281 e. The number of nitrogens with one attached hydrogen (secondary N) is 1. The van der Waals surface area contributed by atoms with Crippen molar-refractivity contribution in [3.8, 4) is 6.07 Å². The highest BCUT2D eigenvalue weighted by atomic mass is 35.5. The summed E-state index contributed by atoms with van der Waals surface area (Å²) < 4.78 is 24.4. The lowest BCUT2D eigenvalue weighted by molar-refractivity contribution is -0.384. The number of nitro groups is 1. The Kier molecular flexibility index (Phi) is 3.88. The van der Waals surface area contributed by atoms with Crippen LogP contribution in [0.2, 0.25) is 0 Å². The number of hydrogen-bond acceptors (Lipinski definition) is 5. The Morgan fingerprint density at radius 3 is 2.65 bits per heavy atom. The lowest BCUT2D eigenvalue weighted by Gasteiger charge is -2.06. The van der Waals surface area contributed by atoms with Gasteiger partial charge in [0.05, 0.1) is 16.2 Å². The fourth-order valence-electron chi connectivity index (χ4n) is 1.02. The third-order valence-corrected chi connectivity index (χ3v) is 3.42. The maximum atomic E-state index is 11.2. The number of halogens is 1. The summed E-state index contributed by atoms with van der Waals surface area (Å²) in [5.74, 6) is 0. The Morgan fingerprint density at radius 2 is 2.18 bits per heavy atom. The predicted molar refractivity (Wildman–Crippen MR) is 61.1 cm³/mol. The zero-order valence-electron chi connectivity index (χ0n) is 8.25. The van der Waals surface area contributed by atoms with E-state index in [1.807, 2.05) is 4.72 Å². The second-order valence-electron chi connectivity index (χ2n) is 2.92. The monoisotopic (exact) mass is 275 g/mol. The maximum Gasteiger partial charge on any atom is 0.270 e. The molecule has 9 heteroatoms. The summed E-state index contributed by atoms with van der Waals surface area (Å²) >= 11 is 5.18. The normalized spacial score (nSPS) is 10.6.